The smallest absolute Gasteiger partial charge is 0.279 e. The summed E-state index contributed by atoms with van der Waals surface area (Å²) >= 11 is 1.61. The molecule has 4 rings (SSSR count). The van der Waals surface area contributed by atoms with Gasteiger partial charge >= 0.3 is 0 Å². The highest BCUT2D eigenvalue weighted by Gasteiger charge is 2.40. The van der Waals surface area contributed by atoms with Crippen LogP contribution in [0.5, 0.6) is 5.75 Å². The van der Waals surface area contributed by atoms with Crippen molar-refractivity contribution >= 4 is 27.5 Å². The zero-order valence-corrected chi connectivity index (χ0v) is 21.0. The van der Waals surface area contributed by atoms with Crippen molar-refractivity contribution in [1.29, 1.82) is 0 Å². The van der Waals surface area contributed by atoms with Gasteiger partial charge in [0, 0.05) is 36.5 Å². The molecule has 0 bridgehead atoms. The first kappa shape index (κ1) is 25.3. The van der Waals surface area contributed by atoms with Gasteiger partial charge in [-0.2, -0.15) is 17.4 Å². The Morgan fingerprint density at radius 1 is 1.09 bits per heavy atom. The normalized spacial score (nSPS) is 16.1. The second-order valence-electron chi connectivity index (χ2n) is 8.49. The largest absolute Gasteiger partial charge is 0.496 e. The number of thiophene rings is 1. The monoisotopic (exact) mass is 517 g/mol. The van der Waals surface area contributed by atoms with Gasteiger partial charge in [-0.1, -0.05) is 30.3 Å². The van der Waals surface area contributed by atoms with E-state index in [9.17, 15) is 17.6 Å². The van der Waals surface area contributed by atoms with Crippen LogP contribution < -0.4 is 14.8 Å². The molecule has 10 heteroatoms. The van der Waals surface area contributed by atoms with E-state index < -0.39 is 10.2 Å². The van der Waals surface area contributed by atoms with Crippen LogP contribution in [0, 0.1) is 5.82 Å². The Labute approximate surface area is 209 Å². The van der Waals surface area contributed by atoms with Crippen molar-refractivity contribution in [2.75, 3.05) is 26.7 Å². The van der Waals surface area contributed by atoms with Gasteiger partial charge in [0.15, 0.2) is 0 Å². The molecular formula is C25H28FN3O4S2. The van der Waals surface area contributed by atoms with E-state index in [1.165, 1.54) is 23.5 Å². The highest BCUT2D eigenvalue weighted by Crippen LogP contribution is 2.38. The Bertz CT molecular complexity index is 1240. The first-order valence-corrected chi connectivity index (χ1v) is 13.6. The Morgan fingerprint density at radius 2 is 1.80 bits per heavy atom. The molecule has 1 aliphatic heterocycles. The van der Waals surface area contributed by atoms with E-state index in [1.54, 1.807) is 41.7 Å². The van der Waals surface area contributed by atoms with Crippen molar-refractivity contribution in [3.05, 3.63) is 87.9 Å². The molecule has 1 aliphatic rings. The molecule has 1 saturated heterocycles. The first-order chi connectivity index (χ1) is 16.8. The van der Waals surface area contributed by atoms with Crippen molar-refractivity contribution in [2.24, 2.45) is 0 Å². The third-order valence-corrected chi connectivity index (χ3v) is 9.04. The van der Waals surface area contributed by atoms with Gasteiger partial charge in [-0.3, -0.25) is 4.79 Å². The number of para-hydroxylation sites is 1. The van der Waals surface area contributed by atoms with Crippen LogP contribution >= 0.6 is 11.3 Å². The predicted molar refractivity (Wildman–Crippen MR) is 134 cm³/mol. The summed E-state index contributed by atoms with van der Waals surface area (Å²) in [5, 5.41) is 5.04. The number of amides is 1. The van der Waals surface area contributed by atoms with Crippen LogP contribution in [0.15, 0.2) is 66.0 Å². The van der Waals surface area contributed by atoms with Crippen LogP contribution in [-0.2, 0) is 22.2 Å². The number of carbonyl (C=O) groups excluding carboxylic acids is 1. The van der Waals surface area contributed by atoms with Gasteiger partial charge < -0.3 is 10.1 Å². The highest BCUT2D eigenvalue weighted by molar-refractivity contribution is 7.87. The summed E-state index contributed by atoms with van der Waals surface area (Å²) < 4.78 is 48.3. The Hall–Kier alpha value is -2.79. The highest BCUT2D eigenvalue weighted by atomic mass is 32.2. The van der Waals surface area contributed by atoms with Crippen LogP contribution in [-0.4, -0.2) is 45.4 Å². The van der Waals surface area contributed by atoms with E-state index in [1.807, 2.05) is 23.6 Å². The number of piperidine rings is 1. The van der Waals surface area contributed by atoms with Crippen LogP contribution in [0.3, 0.4) is 0 Å². The lowest BCUT2D eigenvalue weighted by molar-refractivity contribution is 0.0930. The number of nitrogens with zero attached hydrogens (tertiary/aromatic N) is 1. The molecule has 2 aromatic carbocycles. The zero-order valence-electron chi connectivity index (χ0n) is 19.4. The minimum atomic E-state index is -3.70. The van der Waals surface area contributed by atoms with Gasteiger partial charge in [0.2, 0.25) is 0 Å². The summed E-state index contributed by atoms with van der Waals surface area (Å²) in [5.74, 6) is -0.0898. The molecule has 3 aromatic rings. The molecule has 2 heterocycles. The summed E-state index contributed by atoms with van der Waals surface area (Å²) in [4.78, 5) is 14.0. The van der Waals surface area contributed by atoms with E-state index in [0.717, 1.165) is 4.88 Å². The quantitative estimate of drug-likeness (QED) is 0.453. The lowest BCUT2D eigenvalue weighted by atomic mass is 9.77. The molecule has 35 heavy (non-hydrogen) atoms. The van der Waals surface area contributed by atoms with Gasteiger partial charge in [0.05, 0.1) is 12.7 Å². The third kappa shape index (κ3) is 5.90. The van der Waals surface area contributed by atoms with Crippen molar-refractivity contribution in [3.63, 3.8) is 0 Å². The van der Waals surface area contributed by atoms with Crippen molar-refractivity contribution in [2.45, 2.75) is 24.8 Å². The molecule has 1 fully saturated rings. The average Bonchev–Trinajstić information content (AvgIpc) is 3.43. The molecule has 0 spiro atoms. The Balaban J connectivity index is 1.42. The van der Waals surface area contributed by atoms with Crippen LogP contribution in [0.2, 0.25) is 0 Å². The second-order valence-corrected chi connectivity index (χ2v) is 11.2. The summed E-state index contributed by atoms with van der Waals surface area (Å²) in [7, 11) is -2.18. The second kappa shape index (κ2) is 10.9. The minimum Gasteiger partial charge on any atom is -0.496 e. The number of ether oxygens (including phenoxy) is 1. The SMILES string of the molecule is COc1ccccc1C(=O)NCC1(c2cccs2)CCN(S(=O)(=O)NCc2ccc(F)cc2)CC1. The summed E-state index contributed by atoms with van der Waals surface area (Å²) in [6.07, 6.45) is 1.13. The molecular weight excluding hydrogens is 489 g/mol. The van der Waals surface area contributed by atoms with E-state index in [-0.39, 0.29) is 23.7 Å². The molecule has 0 unspecified atom stereocenters. The topological polar surface area (TPSA) is 87.7 Å². The third-order valence-electron chi connectivity index (χ3n) is 6.37. The molecule has 0 radical (unpaired) electrons. The maximum absolute atomic E-state index is 13.1. The number of carbonyl (C=O) groups is 1. The average molecular weight is 518 g/mol. The molecule has 7 nitrogen and oxygen atoms in total. The number of halogens is 1. The molecule has 0 saturated carbocycles. The summed E-state index contributed by atoms with van der Waals surface area (Å²) in [6.45, 7) is 1.12. The van der Waals surface area contributed by atoms with Gasteiger partial charge in [0.25, 0.3) is 16.1 Å². The fraction of sp³-hybridized carbons (Fsp3) is 0.320. The summed E-state index contributed by atoms with van der Waals surface area (Å²) in [6, 6.07) is 16.8. The zero-order chi connectivity index (χ0) is 24.9. The molecule has 2 N–H and O–H groups in total. The van der Waals surface area contributed by atoms with E-state index in [2.05, 4.69) is 10.0 Å². The fourth-order valence-corrected chi connectivity index (χ4v) is 6.47. The molecule has 1 amide bonds. The summed E-state index contributed by atoms with van der Waals surface area (Å²) in [5.41, 5.74) is 0.773. The van der Waals surface area contributed by atoms with E-state index >= 15 is 0 Å². The van der Waals surface area contributed by atoms with Crippen LogP contribution in [0.25, 0.3) is 0 Å². The fourth-order valence-electron chi connectivity index (χ4n) is 4.29. The number of benzene rings is 2. The van der Waals surface area contributed by atoms with Gasteiger partial charge in [-0.15, -0.1) is 11.3 Å². The van der Waals surface area contributed by atoms with Gasteiger partial charge in [-0.05, 0) is 54.1 Å². The first-order valence-electron chi connectivity index (χ1n) is 11.3. The molecule has 1 aromatic heterocycles. The van der Waals surface area contributed by atoms with E-state index in [4.69, 9.17) is 4.74 Å². The number of hydrogen-bond acceptors (Lipinski definition) is 5. The van der Waals surface area contributed by atoms with Crippen LogP contribution in [0.4, 0.5) is 4.39 Å². The maximum atomic E-state index is 13.1. The minimum absolute atomic E-state index is 0.0874. The Kier molecular flexibility index (Phi) is 7.85. The Morgan fingerprint density at radius 3 is 2.46 bits per heavy atom. The lowest BCUT2D eigenvalue weighted by Crippen LogP contribution is -2.52. The molecule has 0 aliphatic carbocycles. The van der Waals surface area contributed by atoms with Crippen molar-refractivity contribution < 1.29 is 22.3 Å². The van der Waals surface area contributed by atoms with Gasteiger partial charge in [-0.25, -0.2) is 4.39 Å². The maximum Gasteiger partial charge on any atom is 0.279 e. The number of rotatable bonds is 9. The van der Waals surface area contributed by atoms with E-state index in [0.29, 0.717) is 49.4 Å². The number of nitrogens with one attached hydrogen (secondary N) is 2. The molecule has 0 atom stereocenters. The predicted octanol–water partition coefficient (Wildman–Crippen LogP) is 3.69. The van der Waals surface area contributed by atoms with Gasteiger partial charge in [0.1, 0.15) is 11.6 Å². The number of hydrogen-bond donors (Lipinski definition) is 2. The lowest BCUT2D eigenvalue weighted by Gasteiger charge is -2.41. The van der Waals surface area contributed by atoms with Crippen molar-refractivity contribution in [1.82, 2.24) is 14.3 Å². The number of methoxy groups -OCH3 is 1. The molecule has 186 valence electrons. The standard InChI is InChI=1S/C25H28FN3O4S2/c1-33-22-6-3-2-5-21(22)24(30)27-18-25(23-7-4-16-34-23)12-14-29(15-13-25)35(31,32)28-17-19-8-10-20(26)11-9-19/h2-11,16,28H,12-15,17-18H2,1H3,(H,27,30). The van der Waals surface area contributed by atoms with Crippen LogP contribution in [0.1, 0.15) is 33.6 Å². The van der Waals surface area contributed by atoms with Crippen molar-refractivity contribution in [3.8, 4) is 5.75 Å².